The monoisotopic (exact) mass is 230 g/mol. The Bertz CT molecular complexity index is 500. The van der Waals surface area contributed by atoms with Crippen molar-refractivity contribution in [3.63, 3.8) is 0 Å². The zero-order valence-electron chi connectivity index (χ0n) is 9.59. The van der Waals surface area contributed by atoms with E-state index in [2.05, 4.69) is 4.98 Å². The molecule has 0 amide bonds. The van der Waals surface area contributed by atoms with Crippen LogP contribution in [-0.4, -0.2) is 12.1 Å². The van der Waals surface area contributed by atoms with E-state index in [9.17, 15) is 0 Å². The topological polar surface area (TPSA) is 57.4 Å². The molecular weight excluding hydrogens is 216 g/mol. The van der Waals surface area contributed by atoms with Crippen LogP contribution in [0, 0.1) is 0 Å². The molecule has 4 heteroatoms. The second-order valence-electron chi connectivity index (χ2n) is 3.55. The van der Waals surface area contributed by atoms with Crippen molar-refractivity contribution in [3.05, 3.63) is 48.3 Å². The van der Waals surface area contributed by atoms with Crippen molar-refractivity contribution in [2.45, 2.75) is 6.61 Å². The summed E-state index contributed by atoms with van der Waals surface area (Å²) in [6.07, 6.45) is 1.67. The Hall–Kier alpha value is -2.23. The Morgan fingerprint density at radius 1 is 1.18 bits per heavy atom. The van der Waals surface area contributed by atoms with Gasteiger partial charge in [-0.1, -0.05) is 6.07 Å². The SMILES string of the molecule is COc1cccc(OCc2cc(N)ccn2)c1. The van der Waals surface area contributed by atoms with E-state index in [4.69, 9.17) is 15.2 Å². The van der Waals surface area contributed by atoms with Crippen LogP contribution in [0.2, 0.25) is 0 Å². The third-order valence-electron chi connectivity index (χ3n) is 2.27. The van der Waals surface area contributed by atoms with Gasteiger partial charge < -0.3 is 15.2 Å². The minimum absolute atomic E-state index is 0.387. The number of hydrogen-bond donors (Lipinski definition) is 1. The van der Waals surface area contributed by atoms with Gasteiger partial charge in [0.05, 0.1) is 12.8 Å². The molecule has 1 aromatic carbocycles. The molecule has 4 nitrogen and oxygen atoms in total. The molecule has 0 saturated carbocycles. The molecular formula is C13H14N2O2. The molecule has 0 aliphatic carbocycles. The van der Waals surface area contributed by atoms with Crippen molar-refractivity contribution in [3.8, 4) is 11.5 Å². The first-order valence-electron chi connectivity index (χ1n) is 5.25. The van der Waals surface area contributed by atoms with E-state index in [1.807, 2.05) is 24.3 Å². The van der Waals surface area contributed by atoms with E-state index < -0.39 is 0 Å². The summed E-state index contributed by atoms with van der Waals surface area (Å²) in [6.45, 7) is 0.387. The molecule has 1 heterocycles. The molecule has 0 spiro atoms. The molecule has 1 aromatic heterocycles. The summed E-state index contributed by atoms with van der Waals surface area (Å²) in [5.41, 5.74) is 7.14. The molecule has 0 unspecified atom stereocenters. The number of benzene rings is 1. The number of nitrogens with two attached hydrogens (primary N) is 1. The minimum atomic E-state index is 0.387. The summed E-state index contributed by atoms with van der Waals surface area (Å²) in [5, 5.41) is 0. The summed E-state index contributed by atoms with van der Waals surface area (Å²) >= 11 is 0. The molecule has 0 bridgehead atoms. The summed E-state index contributed by atoms with van der Waals surface area (Å²) in [4.78, 5) is 4.16. The third kappa shape index (κ3) is 3.11. The van der Waals surface area contributed by atoms with Gasteiger partial charge in [-0.2, -0.15) is 0 Å². The van der Waals surface area contributed by atoms with Crippen LogP contribution >= 0.6 is 0 Å². The molecule has 2 aromatic rings. The van der Waals surface area contributed by atoms with Gasteiger partial charge in [-0.05, 0) is 24.3 Å². The lowest BCUT2D eigenvalue weighted by Gasteiger charge is -2.07. The number of ether oxygens (including phenoxy) is 2. The zero-order valence-corrected chi connectivity index (χ0v) is 9.59. The van der Waals surface area contributed by atoms with Crippen molar-refractivity contribution < 1.29 is 9.47 Å². The number of methoxy groups -OCH3 is 1. The predicted octanol–water partition coefficient (Wildman–Crippen LogP) is 2.25. The average molecular weight is 230 g/mol. The van der Waals surface area contributed by atoms with Gasteiger partial charge in [-0.3, -0.25) is 4.98 Å². The van der Waals surface area contributed by atoms with Crippen molar-refractivity contribution in [2.24, 2.45) is 0 Å². The number of hydrogen-bond acceptors (Lipinski definition) is 4. The fourth-order valence-electron chi connectivity index (χ4n) is 1.42. The largest absolute Gasteiger partial charge is 0.497 e. The lowest BCUT2D eigenvalue weighted by Crippen LogP contribution is -1.99. The summed E-state index contributed by atoms with van der Waals surface area (Å²) < 4.78 is 10.7. The average Bonchev–Trinajstić information content (AvgIpc) is 2.37. The number of nitrogens with zero attached hydrogens (tertiary/aromatic N) is 1. The maximum Gasteiger partial charge on any atom is 0.130 e. The van der Waals surface area contributed by atoms with Gasteiger partial charge in [0.15, 0.2) is 0 Å². The fraction of sp³-hybridized carbons (Fsp3) is 0.154. The van der Waals surface area contributed by atoms with E-state index in [1.54, 1.807) is 25.4 Å². The van der Waals surface area contributed by atoms with Gasteiger partial charge in [0, 0.05) is 18.0 Å². The van der Waals surface area contributed by atoms with Gasteiger partial charge in [-0.15, -0.1) is 0 Å². The maximum absolute atomic E-state index is 5.66. The van der Waals surface area contributed by atoms with Crippen LogP contribution in [0.5, 0.6) is 11.5 Å². The summed E-state index contributed by atoms with van der Waals surface area (Å²) in [6, 6.07) is 11.0. The standard InChI is InChI=1S/C13H14N2O2/c1-16-12-3-2-4-13(8-12)17-9-11-7-10(14)5-6-15-11/h2-8H,9H2,1H3,(H2,14,15). The molecule has 0 aliphatic rings. The van der Waals surface area contributed by atoms with Gasteiger partial charge in [0.25, 0.3) is 0 Å². The Kier molecular flexibility index (Phi) is 3.45. The minimum Gasteiger partial charge on any atom is -0.497 e. The quantitative estimate of drug-likeness (QED) is 0.875. The summed E-state index contributed by atoms with van der Waals surface area (Å²) in [5.74, 6) is 1.51. The maximum atomic E-state index is 5.66. The first-order chi connectivity index (χ1) is 8.28. The number of aromatic nitrogens is 1. The smallest absolute Gasteiger partial charge is 0.130 e. The van der Waals surface area contributed by atoms with Crippen molar-refractivity contribution >= 4 is 5.69 Å². The number of rotatable bonds is 4. The summed E-state index contributed by atoms with van der Waals surface area (Å²) in [7, 11) is 1.62. The Labute approximate surface area is 100 Å². The second-order valence-corrected chi connectivity index (χ2v) is 3.55. The first-order valence-corrected chi connectivity index (χ1v) is 5.25. The first kappa shape index (κ1) is 11.3. The normalized spacial score (nSPS) is 9.94. The lowest BCUT2D eigenvalue weighted by atomic mass is 10.3. The van der Waals surface area contributed by atoms with E-state index in [0.717, 1.165) is 17.2 Å². The fourth-order valence-corrected chi connectivity index (χ4v) is 1.42. The van der Waals surface area contributed by atoms with Crippen molar-refractivity contribution in [1.29, 1.82) is 0 Å². The molecule has 88 valence electrons. The molecule has 0 atom stereocenters. The molecule has 0 fully saturated rings. The molecule has 2 rings (SSSR count). The van der Waals surface area contributed by atoms with Crippen LogP contribution in [0.25, 0.3) is 0 Å². The van der Waals surface area contributed by atoms with E-state index >= 15 is 0 Å². The Morgan fingerprint density at radius 2 is 2.00 bits per heavy atom. The van der Waals surface area contributed by atoms with Crippen molar-refractivity contribution in [1.82, 2.24) is 4.98 Å². The van der Waals surface area contributed by atoms with Crippen LogP contribution < -0.4 is 15.2 Å². The third-order valence-corrected chi connectivity index (χ3v) is 2.27. The van der Waals surface area contributed by atoms with Gasteiger partial charge in [0.2, 0.25) is 0 Å². The van der Waals surface area contributed by atoms with Crippen LogP contribution in [0.15, 0.2) is 42.6 Å². The van der Waals surface area contributed by atoms with Crippen LogP contribution in [0.4, 0.5) is 5.69 Å². The Morgan fingerprint density at radius 3 is 2.76 bits per heavy atom. The molecule has 2 N–H and O–H groups in total. The highest BCUT2D eigenvalue weighted by Crippen LogP contribution is 2.19. The lowest BCUT2D eigenvalue weighted by molar-refractivity contribution is 0.299. The van der Waals surface area contributed by atoms with Crippen LogP contribution in [-0.2, 0) is 6.61 Å². The second kappa shape index (κ2) is 5.21. The zero-order chi connectivity index (χ0) is 12.1. The van der Waals surface area contributed by atoms with Crippen molar-refractivity contribution in [2.75, 3.05) is 12.8 Å². The molecule has 17 heavy (non-hydrogen) atoms. The highest BCUT2D eigenvalue weighted by Gasteiger charge is 1.99. The van der Waals surface area contributed by atoms with E-state index in [1.165, 1.54) is 0 Å². The highest BCUT2D eigenvalue weighted by atomic mass is 16.5. The van der Waals surface area contributed by atoms with E-state index in [-0.39, 0.29) is 0 Å². The van der Waals surface area contributed by atoms with E-state index in [0.29, 0.717) is 12.3 Å². The molecule has 0 radical (unpaired) electrons. The number of anilines is 1. The Balaban J connectivity index is 2.02. The van der Waals surface area contributed by atoms with Crippen LogP contribution in [0.3, 0.4) is 0 Å². The van der Waals surface area contributed by atoms with Gasteiger partial charge in [-0.25, -0.2) is 0 Å². The van der Waals surface area contributed by atoms with Gasteiger partial charge >= 0.3 is 0 Å². The van der Waals surface area contributed by atoms with Crippen LogP contribution in [0.1, 0.15) is 5.69 Å². The number of nitrogen functional groups attached to an aromatic ring is 1. The number of pyridine rings is 1. The molecule has 0 saturated heterocycles. The van der Waals surface area contributed by atoms with Gasteiger partial charge in [0.1, 0.15) is 18.1 Å². The molecule has 0 aliphatic heterocycles. The highest BCUT2D eigenvalue weighted by molar-refractivity contribution is 5.37. The predicted molar refractivity (Wildman–Crippen MR) is 66.0 cm³/mol.